The third kappa shape index (κ3) is 7.99. The standard InChI is InChI=1S/C22H36N4O6/c1-14(13-27)24(7)20(30)16(3)25(8)21(31)17(4)26(9)22(32)19(23(5)6)12-18(29)11-10-15(2)28/h10-11,13-14,16-17,19H,12H2,1-9H3. The third-order valence-corrected chi connectivity index (χ3v) is 5.53. The van der Waals surface area contributed by atoms with Crippen molar-refractivity contribution in [3.63, 3.8) is 0 Å². The molecule has 3 amide bonds. The lowest BCUT2D eigenvalue weighted by atomic mass is 10.1. The fraction of sp³-hybridized carbons (Fsp3) is 0.636. The van der Waals surface area contributed by atoms with Crippen molar-refractivity contribution in [3.8, 4) is 0 Å². The molecule has 0 aliphatic rings. The smallest absolute Gasteiger partial charge is 0.245 e. The first-order valence-corrected chi connectivity index (χ1v) is 10.3. The van der Waals surface area contributed by atoms with Crippen LogP contribution in [0.25, 0.3) is 0 Å². The second-order valence-electron chi connectivity index (χ2n) is 8.17. The molecule has 0 saturated carbocycles. The predicted molar refractivity (Wildman–Crippen MR) is 120 cm³/mol. The van der Waals surface area contributed by atoms with Crippen LogP contribution in [0.5, 0.6) is 0 Å². The molecular formula is C22H36N4O6. The van der Waals surface area contributed by atoms with Gasteiger partial charge in [-0.05, 0) is 53.9 Å². The minimum Gasteiger partial charge on any atom is -0.335 e. The summed E-state index contributed by atoms with van der Waals surface area (Å²) in [7, 11) is 7.68. The summed E-state index contributed by atoms with van der Waals surface area (Å²) in [6, 6.07) is -3.21. The summed E-state index contributed by atoms with van der Waals surface area (Å²) in [5.74, 6) is -1.98. The largest absolute Gasteiger partial charge is 0.335 e. The van der Waals surface area contributed by atoms with E-state index in [0.717, 1.165) is 12.2 Å². The average molecular weight is 453 g/mol. The topological polar surface area (TPSA) is 115 Å². The molecule has 0 aromatic rings. The lowest BCUT2D eigenvalue weighted by molar-refractivity contribution is -0.151. The third-order valence-electron chi connectivity index (χ3n) is 5.53. The highest BCUT2D eigenvalue weighted by Crippen LogP contribution is 2.12. The number of nitrogens with zero attached hydrogens (tertiary/aromatic N) is 4. The Morgan fingerprint density at radius 1 is 0.719 bits per heavy atom. The molecule has 10 nitrogen and oxygen atoms in total. The number of carbonyl (C=O) groups is 6. The van der Waals surface area contributed by atoms with Gasteiger partial charge in [-0.3, -0.25) is 28.9 Å². The van der Waals surface area contributed by atoms with Crippen molar-refractivity contribution in [2.24, 2.45) is 0 Å². The van der Waals surface area contributed by atoms with Gasteiger partial charge in [0, 0.05) is 27.6 Å². The molecule has 10 heteroatoms. The van der Waals surface area contributed by atoms with E-state index in [0.29, 0.717) is 6.29 Å². The monoisotopic (exact) mass is 452 g/mol. The van der Waals surface area contributed by atoms with Gasteiger partial charge in [-0.15, -0.1) is 0 Å². The quantitative estimate of drug-likeness (QED) is 0.296. The van der Waals surface area contributed by atoms with E-state index in [1.165, 1.54) is 49.7 Å². The van der Waals surface area contributed by atoms with Gasteiger partial charge in [-0.2, -0.15) is 0 Å². The number of carbonyl (C=O) groups excluding carboxylic acids is 6. The molecule has 0 fully saturated rings. The molecule has 0 aliphatic carbocycles. The fourth-order valence-electron chi connectivity index (χ4n) is 2.79. The van der Waals surface area contributed by atoms with Crippen LogP contribution in [0.15, 0.2) is 12.2 Å². The van der Waals surface area contributed by atoms with Gasteiger partial charge in [0.05, 0.1) is 12.1 Å². The average Bonchev–Trinajstić information content (AvgIpc) is 2.76. The number of amides is 3. The van der Waals surface area contributed by atoms with E-state index in [1.807, 2.05) is 0 Å². The molecule has 180 valence electrons. The number of likely N-dealkylation sites (N-methyl/N-ethyl adjacent to an activating group) is 4. The Bertz CT molecular complexity index is 764. The number of ketones is 2. The number of allylic oxidation sites excluding steroid dienone is 2. The maximum atomic E-state index is 13.0. The summed E-state index contributed by atoms with van der Waals surface area (Å²) >= 11 is 0. The van der Waals surface area contributed by atoms with Crippen molar-refractivity contribution >= 4 is 35.6 Å². The Balaban J connectivity index is 5.41. The van der Waals surface area contributed by atoms with Crippen molar-refractivity contribution < 1.29 is 28.8 Å². The Morgan fingerprint density at radius 3 is 1.56 bits per heavy atom. The molecule has 0 spiro atoms. The summed E-state index contributed by atoms with van der Waals surface area (Å²) in [5.41, 5.74) is 0. The van der Waals surface area contributed by atoms with Crippen LogP contribution in [0.3, 0.4) is 0 Å². The summed E-state index contributed by atoms with van der Waals surface area (Å²) < 4.78 is 0. The minimum atomic E-state index is -0.901. The summed E-state index contributed by atoms with van der Waals surface area (Å²) in [4.78, 5) is 77.9. The minimum absolute atomic E-state index is 0.153. The fourth-order valence-corrected chi connectivity index (χ4v) is 2.79. The van der Waals surface area contributed by atoms with Gasteiger partial charge < -0.3 is 19.5 Å². The van der Waals surface area contributed by atoms with Crippen LogP contribution in [-0.2, 0) is 28.8 Å². The molecule has 32 heavy (non-hydrogen) atoms. The number of hydrogen-bond donors (Lipinski definition) is 0. The highest BCUT2D eigenvalue weighted by atomic mass is 16.2. The van der Waals surface area contributed by atoms with Crippen LogP contribution in [-0.4, -0.2) is 115 Å². The first-order valence-electron chi connectivity index (χ1n) is 10.3. The zero-order valence-electron chi connectivity index (χ0n) is 20.5. The zero-order valence-corrected chi connectivity index (χ0v) is 20.5. The van der Waals surface area contributed by atoms with Gasteiger partial charge in [0.1, 0.15) is 18.4 Å². The predicted octanol–water partition coefficient (Wildman–Crippen LogP) is -0.239. The van der Waals surface area contributed by atoms with Crippen molar-refractivity contribution in [1.29, 1.82) is 0 Å². The molecule has 0 saturated heterocycles. The van der Waals surface area contributed by atoms with Gasteiger partial charge in [0.2, 0.25) is 17.7 Å². The molecule has 0 rings (SSSR count). The first kappa shape index (κ1) is 29.1. The van der Waals surface area contributed by atoms with E-state index in [9.17, 15) is 28.8 Å². The van der Waals surface area contributed by atoms with Crippen LogP contribution < -0.4 is 0 Å². The van der Waals surface area contributed by atoms with Crippen LogP contribution >= 0.6 is 0 Å². The Hall–Kier alpha value is -2.88. The molecule has 0 heterocycles. The van der Waals surface area contributed by atoms with Gasteiger partial charge in [-0.25, -0.2) is 0 Å². The van der Waals surface area contributed by atoms with Gasteiger partial charge >= 0.3 is 0 Å². The number of hydrogen-bond acceptors (Lipinski definition) is 7. The second kappa shape index (κ2) is 12.8. The van der Waals surface area contributed by atoms with Crippen molar-refractivity contribution in [1.82, 2.24) is 19.6 Å². The zero-order chi connectivity index (χ0) is 25.3. The van der Waals surface area contributed by atoms with E-state index in [1.54, 1.807) is 32.8 Å². The van der Waals surface area contributed by atoms with Crippen molar-refractivity contribution in [3.05, 3.63) is 12.2 Å². The van der Waals surface area contributed by atoms with Crippen molar-refractivity contribution in [2.75, 3.05) is 35.2 Å². The van der Waals surface area contributed by atoms with Crippen molar-refractivity contribution in [2.45, 2.75) is 58.3 Å². The van der Waals surface area contributed by atoms with Crippen LogP contribution in [0.2, 0.25) is 0 Å². The Morgan fingerprint density at radius 2 is 1.16 bits per heavy atom. The van der Waals surface area contributed by atoms with Crippen LogP contribution in [0.1, 0.15) is 34.1 Å². The van der Waals surface area contributed by atoms with E-state index in [-0.39, 0.29) is 18.0 Å². The highest BCUT2D eigenvalue weighted by Gasteiger charge is 2.35. The maximum absolute atomic E-state index is 13.0. The van der Waals surface area contributed by atoms with Gasteiger partial charge in [0.25, 0.3) is 0 Å². The van der Waals surface area contributed by atoms with Gasteiger partial charge in [0.15, 0.2) is 11.6 Å². The lowest BCUT2D eigenvalue weighted by Gasteiger charge is -2.35. The van der Waals surface area contributed by atoms with E-state index >= 15 is 0 Å². The molecule has 0 N–H and O–H groups in total. The number of aldehydes is 1. The lowest BCUT2D eigenvalue weighted by Crippen LogP contribution is -2.56. The second-order valence-corrected chi connectivity index (χ2v) is 8.17. The SMILES string of the molecule is CC(=O)C=CC(=O)CC(C(=O)N(C)C(C)C(=O)N(C)C(C)C(=O)N(C)C(C)C=O)N(C)C. The molecule has 4 atom stereocenters. The summed E-state index contributed by atoms with van der Waals surface area (Å²) in [5, 5.41) is 0. The number of rotatable bonds is 12. The molecule has 0 aliphatic heterocycles. The van der Waals surface area contributed by atoms with Crippen LogP contribution in [0, 0.1) is 0 Å². The van der Waals surface area contributed by atoms with E-state index < -0.39 is 41.9 Å². The summed E-state index contributed by atoms with van der Waals surface area (Å²) in [6.45, 7) is 5.98. The molecular weight excluding hydrogens is 416 g/mol. The maximum Gasteiger partial charge on any atom is 0.245 e. The van der Waals surface area contributed by atoms with Crippen LogP contribution in [0.4, 0.5) is 0 Å². The van der Waals surface area contributed by atoms with Gasteiger partial charge in [-0.1, -0.05) is 0 Å². The summed E-state index contributed by atoms with van der Waals surface area (Å²) in [6.07, 6.45) is 2.76. The molecule has 0 aromatic heterocycles. The van der Waals surface area contributed by atoms with E-state index in [4.69, 9.17) is 0 Å². The highest BCUT2D eigenvalue weighted by molar-refractivity contribution is 6.00. The molecule has 4 unspecified atom stereocenters. The normalized spacial score (nSPS) is 14.9. The molecule has 0 bridgehead atoms. The molecule has 0 aromatic carbocycles. The molecule has 0 radical (unpaired) electrons. The van der Waals surface area contributed by atoms with E-state index in [2.05, 4.69) is 0 Å². The Labute approximate surface area is 190 Å². The first-order chi connectivity index (χ1) is 14.7. The Kier molecular flexibility index (Phi) is 11.7.